The largest absolute Gasteiger partial charge is 0.481 e. The van der Waals surface area contributed by atoms with Crippen LogP contribution in [0.1, 0.15) is 64.0 Å². The smallest absolute Gasteiger partial charge is 0.326 e. The highest BCUT2D eigenvalue weighted by atomic mass is 16.4. The molecule has 7 N–H and O–H groups in total. The van der Waals surface area contributed by atoms with Crippen molar-refractivity contribution in [1.82, 2.24) is 21.3 Å². The van der Waals surface area contributed by atoms with E-state index in [-0.39, 0.29) is 24.3 Å². The number of nitrogens with one attached hydrogen (secondary N) is 4. The molecule has 1 aromatic rings. The van der Waals surface area contributed by atoms with E-state index in [9.17, 15) is 29.1 Å². The van der Waals surface area contributed by atoms with Gasteiger partial charge in [-0.05, 0) is 48.6 Å². The second kappa shape index (κ2) is 15.3. The normalized spacial score (nSPS) is 12.6. The fourth-order valence-electron chi connectivity index (χ4n) is 3.45. The summed E-state index contributed by atoms with van der Waals surface area (Å²) < 4.78 is 0. The van der Waals surface area contributed by atoms with Crippen LogP contribution in [0, 0.1) is 5.41 Å². The van der Waals surface area contributed by atoms with Crippen molar-refractivity contribution in [2.75, 3.05) is 6.54 Å². The maximum atomic E-state index is 12.0. The van der Waals surface area contributed by atoms with Gasteiger partial charge >= 0.3 is 30.0 Å². The van der Waals surface area contributed by atoms with Crippen molar-refractivity contribution in [2.24, 2.45) is 5.41 Å². The Labute approximate surface area is 216 Å². The molecule has 0 aromatic heterocycles. The first-order chi connectivity index (χ1) is 17.3. The van der Waals surface area contributed by atoms with E-state index in [1.807, 2.05) is 24.3 Å². The van der Waals surface area contributed by atoms with Crippen LogP contribution in [-0.4, -0.2) is 63.9 Å². The van der Waals surface area contributed by atoms with Crippen LogP contribution in [0.4, 0.5) is 9.59 Å². The summed E-state index contributed by atoms with van der Waals surface area (Å²) in [6.07, 6.45) is 1.03. The molecule has 4 amide bonds. The molecule has 12 nitrogen and oxygen atoms in total. The molecule has 0 saturated heterocycles. The molecule has 12 heteroatoms. The van der Waals surface area contributed by atoms with Crippen molar-refractivity contribution in [3.8, 4) is 0 Å². The van der Waals surface area contributed by atoms with Crippen LogP contribution in [0.3, 0.4) is 0 Å². The summed E-state index contributed by atoms with van der Waals surface area (Å²) in [5.74, 6) is -3.94. The lowest BCUT2D eigenvalue weighted by Crippen LogP contribution is -2.51. The molecule has 2 atom stereocenters. The summed E-state index contributed by atoms with van der Waals surface area (Å²) in [6.45, 7) is 7.18. The molecule has 0 bridgehead atoms. The molecular formula is C25H38N4O8. The molecule has 0 heterocycles. The predicted octanol–water partition coefficient (Wildman–Crippen LogP) is 2.32. The van der Waals surface area contributed by atoms with Gasteiger partial charge < -0.3 is 36.6 Å². The third-order valence-corrected chi connectivity index (χ3v) is 5.27. The third kappa shape index (κ3) is 14.4. The quantitative estimate of drug-likeness (QED) is 0.170. The number of carbonyl (C=O) groups excluding carboxylic acids is 2. The lowest BCUT2D eigenvalue weighted by atomic mass is 9.88. The zero-order valence-electron chi connectivity index (χ0n) is 21.5. The number of aliphatic carboxylic acids is 3. The van der Waals surface area contributed by atoms with Gasteiger partial charge in [-0.1, -0.05) is 45.0 Å². The summed E-state index contributed by atoms with van der Waals surface area (Å²) in [7, 11) is 0. The number of hydrogen-bond donors (Lipinski definition) is 7. The summed E-state index contributed by atoms with van der Waals surface area (Å²) in [4.78, 5) is 57.2. The highest BCUT2D eigenvalue weighted by molar-refractivity contribution is 5.86. The van der Waals surface area contributed by atoms with Crippen molar-refractivity contribution >= 4 is 30.0 Å². The number of rotatable bonds is 15. The number of unbranched alkanes of at least 4 members (excludes halogenated alkanes) is 1. The topological polar surface area (TPSA) is 194 Å². The van der Waals surface area contributed by atoms with Gasteiger partial charge in [-0.15, -0.1) is 0 Å². The Morgan fingerprint density at radius 3 is 1.81 bits per heavy atom. The van der Waals surface area contributed by atoms with Crippen LogP contribution in [-0.2, 0) is 27.3 Å². The molecule has 1 aromatic carbocycles. The number of carboxylic acid groups (broad SMARTS) is 3. The van der Waals surface area contributed by atoms with Crippen LogP contribution in [0.5, 0.6) is 0 Å². The molecule has 0 aliphatic heterocycles. The second-order valence-corrected chi connectivity index (χ2v) is 9.99. The van der Waals surface area contributed by atoms with E-state index in [2.05, 4.69) is 42.0 Å². The van der Waals surface area contributed by atoms with E-state index in [1.54, 1.807) is 0 Å². The van der Waals surface area contributed by atoms with Gasteiger partial charge in [-0.3, -0.25) is 4.79 Å². The molecule has 0 fully saturated rings. The van der Waals surface area contributed by atoms with Crippen LogP contribution in [0.2, 0.25) is 0 Å². The third-order valence-electron chi connectivity index (χ3n) is 5.27. The van der Waals surface area contributed by atoms with Crippen LogP contribution in [0.25, 0.3) is 0 Å². The van der Waals surface area contributed by atoms with E-state index in [4.69, 9.17) is 10.2 Å². The summed E-state index contributed by atoms with van der Waals surface area (Å²) in [6, 6.07) is 3.93. The number of benzene rings is 1. The highest BCUT2D eigenvalue weighted by Gasteiger charge is 2.24. The monoisotopic (exact) mass is 522 g/mol. The Balaban J connectivity index is 2.34. The fourth-order valence-corrected chi connectivity index (χ4v) is 3.45. The second-order valence-electron chi connectivity index (χ2n) is 9.99. The molecule has 0 aliphatic rings. The van der Waals surface area contributed by atoms with E-state index in [0.29, 0.717) is 25.9 Å². The zero-order valence-corrected chi connectivity index (χ0v) is 21.5. The predicted molar refractivity (Wildman–Crippen MR) is 135 cm³/mol. The highest BCUT2D eigenvalue weighted by Crippen LogP contribution is 2.20. The molecular weight excluding hydrogens is 484 g/mol. The molecule has 0 spiro atoms. The number of amides is 4. The summed E-state index contributed by atoms with van der Waals surface area (Å²) in [5, 5.41) is 36.8. The molecule has 206 valence electrons. The summed E-state index contributed by atoms with van der Waals surface area (Å²) in [5.41, 5.74) is 2.39. The average Bonchev–Trinajstić information content (AvgIpc) is 2.78. The SMILES string of the molecule is CC(C)(C)Cc1ccc(CNC(=O)NCCCCC(NC(=O)N[C@@H](CCC(=O)O)C(=O)O)C(=O)O)cc1. The van der Waals surface area contributed by atoms with Gasteiger partial charge in [0.25, 0.3) is 0 Å². The summed E-state index contributed by atoms with van der Waals surface area (Å²) >= 11 is 0. The van der Waals surface area contributed by atoms with Gasteiger partial charge in [0.2, 0.25) is 0 Å². The van der Waals surface area contributed by atoms with Gasteiger partial charge in [0.05, 0.1) is 0 Å². The van der Waals surface area contributed by atoms with E-state index < -0.39 is 42.4 Å². The lowest BCUT2D eigenvalue weighted by molar-refractivity contribution is -0.140. The Kier molecular flexibility index (Phi) is 12.9. The van der Waals surface area contributed by atoms with Gasteiger partial charge in [-0.25, -0.2) is 19.2 Å². The molecule has 0 aliphatic carbocycles. The van der Waals surface area contributed by atoms with E-state index in [0.717, 1.165) is 12.0 Å². The Bertz CT molecular complexity index is 928. The van der Waals surface area contributed by atoms with E-state index >= 15 is 0 Å². The Hall–Kier alpha value is -3.83. The first kappa shape index (κ1) is 31.2. The minimum atomic E-state index is -1.46. The minimum absolute atomic E-state index is 0.0554. The zero-order chi connectivity index (χ0) is 28.0. The first-order valence-electron chi connectivity index (χ1n) is 12.1. The van der Waals surface area contributed by atoms with Gasteiger partial charge in [0, 0.05) is 19.5 Å². The van der Waals surface area contributed by atoms with Gasteiger partial charge in [0.15, 0.2) is 0 Å². The molecule has 1 rings (SSSR count). The first-order valence-corrected chi connectivity index (χ1v) is 12.1. The van der Waals surface area contributed by atoms with Crippen LogP contribution < -0.4 is 21.3 Å². The molecule has 1 unspecified atom stereocenters. The van der Waals surface area contributed by atoms with Crippen molar-refractivity contribution in [3.63, 3.8) is 0 Å². The van der Waals surface area contributed by atoms with Gasteiger partial charge in [-0.2, -0.15) is 0 Å². The average molecular weight is 523 g/mol. The van der Waals surface area contributed by atoms with Crippen molar-refractivity contribution in [1.29, 1.82) is 0 Å². The number of hydrogen-bond acceptors (Lipinski definition) is 5. The minimum Gasteiger partial charge on any atom is -0.481 e. The maximum absolute atomic E-state index is 12.0. The molecule has 0 radical (unpaired) electrons. The van der Waals surface area contributed by atoms with Gasteiger partial charge in [0.1, 0.15) is 12.1 Å². The van der Waals surface area contributed by atoms with Crippen LogP contribution in [0.15, 0.2) is 24.3 Å². The lowest BCUT2D eigenvalue weighted by Gasteiger charge is -2.18. The van der Waals surface area contributed by atoms with Crippen molar-refractivity contribution in [2.45, 2.75) is 77.9 Å². The van der Waals surface area contributed by atoms with E-state index in [1.165, 1.54) is 5.56 Å². The number of urea groups is 2. The molecule has 0 saturated carbocycles. The van der Waals surface area contributed by atoms with Crippen molar-refractivity contribution < 1.29 is 39.3 Å². The number of carbonyl (C=O) groups is 5. The Morgan fingerprint density at radius 2 is 1.30 bits per heavy atom. The fraction of sp³-hybridized carbons (Fsp3) is 0.560. The number of carboxylic acids is 3. The molecule has 37 heavy (non-hydrogen) atoms. The Morgan fingerprint density at radius 1 is 0.757 bits per heavy atom. The van der Waals surface area contributed by atoms with Crippen molar-refractivity contribution in [3.05, 3.63) is 35.4 Å². The maximum Gasteiger partial charge on any atom is 0.326 e. The standard InChI is InChI=1S/C25H38N4O8/c1-25(2,3)14-16-7-9-17(10-8-16)15-27-23(36)26-13-5-4-6-18(21(32)33)28-24(37)29-19(22(34)35)11-12-20(30)31/h7-10,18-19H,4-6,11-15H2,1-3H3,(H,30,31)(H,32,33)(H,34,35)(H2,26,27,36)(H2,28,29,37)/t18?,19-/m0/s1. The van der Waals surface area contributed by atoms with Crippen LogP contribution >= 0.6 is 0 Å².